The lowest BCUT2D eigenvalue weighted by molar-refractivity contribution is -0.119. The second-order valence-corrected chi connectivity index (χ2v) is 5.53. The van der Waals surface area contributed by atoms with Crippen molar-refractivity contribution < 1.29 is 9.53 Å². The molecule has 0 spiro atoms. The molecule has 19 heavy (non-hydrogen) atoms. The van der Waals surface area contributed by atoms with Crippen LogP contribution in [-0.4, -0.2) is 29.0 Å². The van der Waals surface area contributed by atoms with Gasteiger partial charge in [-0.05, 0) is 38.0 Å². The zero-order valence-electron chi connectivity index (χ0n) is 11.3. The molecule has 0 atom stereocenters. The van der Waals surface area contributed by atoms with Gasteiger partial charge in [0, 0.05) is 11.8 Å². The van der Waals surface area contributed by atoms with Crippen molar-refractivity contribution in [1.82, 2.24) is 9.97 Å². The molecule has 1 aromatic carbocycles. The minimum absolute atomic E-state index is 0.0128. The Morgan fingerprint density at radius 3 is 2.89 bits per heavy atom. The average Bonchev–Trinajstić information content (AvgIpc) is 2.66. The number of imidazole rings is 1. The van der Waals surface area contributed by atoms with Crippen LogP contribution in [0.25, 0.3) is 11.0 Å². The Labute approximate surface area is 112 Å². The van der Waals surface area contributed by atoms with Gasteiger partial charge >= 0.3 is 0 Å². The topological polar surface area (TPSA) is 55.0 Å². The second kappa shape index (κ2) is 4.46. The van der Waals surface area contributed by atoms with Gasteiger partial charge in [-0.15, -0.1) is 0 Å². The summed E-state index contributed by atoms with van der Waals surface area (Å²) in [6.07, 6.45) is 1.48. The molecule has 1 saturated heterocycles. The monoisotopic (exact) mass is 258 g/mol. The molecule has 0 unspecified atom stereocenters. The van der Waals surface area contributed by atoms with Crippen molar-refractivity contribution in [2.24, 2.45) is 0 Å². The van der Waals surface area contributed by atoms with E-state index in [4.69, 9.17) is 4.74 Å². The lowest BCUT2D eigenvalue weighted by atomic mass is 9.74. The molecule has 3 rings (SSSR count). The molecule has 4 nitrogen and oxygen atoms in total. The number of aromatic nitrogens is 2. The van der Waals surface area contributed by atoms with Gasteiger partial charge in [-0.2, -0.15) is 0 Å². The van der Waals surface area contributed by atoms with E-state index >= 15 is 0 Å². The predicted octanol–water partition coefficient (Wildman–Crippen LogP) is 2.51. The number of ether oxygens (including phenoxy) is 1. The maximum Gasteiger partial charge on any atom is 0.129 e. The summed E-state index contributed by atoms with van der Waals surface area (Å²) < 4.78 is 5.41. The van der Waals surface area contributed by atoms with E-state index in [1.54, 1.807) is 6.92 Å². The van der Waals surface area contributed by atoms with Crippen LogP contribution in [0.3, 0.4) is 0 Å². The van der Waals surface area contributed by atoms with E-state index in [0.29, 0.717) is 19.6 Å². The van der Waals surface area contributed by atoms with Crippen LogP contribution in [0.15, 0.2) is 18.2 Å². The molecule has 0 bridgehead atoms. The number of carbonyl (C=O) groups is 1. The van der Waals surface area contributed by atoms with Crippen LogP contribution < -0.4 is 0 Å². The molecule has 0 amide bonds. The molecule has 0 radical (unpaired) electrons. The van der Waals surface area contributed by atoms with Gasteiger partial charge in [0.15, 0.2) is 0 Å². The number of hydrogen-bond acceptors (Lipinski definition) is 3. The Morgan fingerprint density at radius 1 is 1.47 bits per heavy atom. The van der Waals surface area contributed by atoms with Crippen LogP contribution in [0.1, 0.15) is 31.2 Å². The number of aromatic amines is 1. The van der Waals surface area contributed by atoms with Crippen molar-refractivity contribution in [3.8, 4) is 0 Å². The molecule has 2 heterocycles. The van der Waals surface area contributed by atoms with Crippen LogP contribution in [0.2, 0.25) is 0 Å². The molecule has 0 saturated carbocycles. The number of H-pyrrole nitrogens is 1. The standard InChI is InChI=1S/C15H18N2O2/c1-10(18)5-6-15(8-19-9-15)12-3-4-13-14(7-12)17-11(2)16-13/h3-4,7H,5-6,8-9H2,1-2H3,(H,16,17). The van der Waals surface area contributed by atoms with Gasteiger partial charge in [0.05, 0.1) is 24.2 Å². The molecule has 4 heteroatoms. The Balaban J connectivity index is 1.94. The smallest absolute Gasteiger partial charge is 0.129 e. The van der Waals surface area contributed by atoms with Crippen LogP contribution in [0, 0.1) is 6.92 Å². The number of Topliss-reactive ketones (excluding diaryl/α,β-unsaturated/α-hetero) is 1. The predicted molar refractivity (Wildman–Crippen MR) is 73.2 cm³/mol. The molecule has 1 aliphatic heterocycles. The number of benzene rings is 1. The number of aryl methyl sites for hydroxylation is 1. The quantitative estimate of drug-likeness (QED) is 0.916. The minimum atomic E-state index is 0.0128. The zero-order valence-corrected chi connectivity index (χ0v) is 11.3. The van der Waals surface area contributed by atoms with Gasteiger partial charge in [-0.25, -0.2) is 4.98 Å². The Bertz CT molecular complexity index is 626. The SMILES string of the molecule is CC(=O)CCC1(c2ccc3nc(C)[nH]c3c2)COC1. The summed E-state index contributed by atoms with van der Waals surface area (Å²) in [5.74, 6) is 1.17. The fourth-order valence-corrected chi connectivity index (χ4v) is 2.69. The third kappa shape index (κ3) is 2.16. The van der Waals surface area contributed by atoms with Crippen molar-refractivity contribution >= 4 is 16.8 Å². The maximum absolute atomic E-state index is 11.2. The van der Waals surface area contributed by atoms with E-state index in [1.807, 2.05) is 13.0 Å². The highest BCUT2D eigenvalue weighted by Gasteiger charge is 2.40. The normalized spacial score (nSPS) is 17.4. The number of fused-ring (bicyclic) bond motifs is 1. The van der Waals surface area contributed by atoms with E-state index in [2.05, 4.69) is 22.1 Å². The Hall–Kier alpha value is -1.68. The number of ketones is 1. The summed E-state index contributed by atoms with van der Waals surface area (Å²) in [6, 6.07) is 6.31. The highest BCUT2D eigenvalue weighted by atomic mass is 16.5. The summed E-state index contributed by atoms with van der Waals surface area (Å²) in [5.41, 5.74) is 3.31. The summed E-state index contributed by atoms with van der Waals surface area (Å²) in [6.45, 7) is 5.02. The van der Waals surface area contributed by atoms with E-state index in [1.165, 1.54) is 5.56 Å². The first kappa shape index (κ1) is 12.4. The molecule has 100 valence electrons. The fraction of sp³-hybridized carbons (Fsp3) is 0.467. The summed E-state index contributed by atoms with van der Waals surface area (Å²) >= 11 is 0. The first-order valence-corrected chi connectivity index (χ1v) is 6.63. The highest BCUT2D eigenvalue weighted by Crippen LogP contribution is 2.37. The number of rotatable bonds is 4. The van der Waals surface area contributed by atoms with Crippen molar-refractivity contribution in [2.45, 2.75) is 32.1 Å². The van der Waals surface area contributed by atoms with Crippen molar-refractivity contribution in [2.75, 3.05) is 13.2 Å². The second-order valence-electron chi connectivity index (χ2n) is 5.53. The Morgan fingerprint density at radius 2 is 2.26 bits per heavy atom. The molecule has 1 fully saturated rings. The summed E-state index contributed by atoms with van der Waals surface area (Å²) in [4.78, 5) is 18.9. The van der Waals surface area contributed by atoms with E-state index < -0.39 is 0 Å². The number of nitrogens with one attached hydrogen (secondary N) is 1. The lowest BCUT2D eigenvalue weighted by Crippen LogP contribution is -2.46. The Kier molecular flexibility index (Phi) is 2.90. The van der Waals surface area contributed by atoms with Gasteiger partial charge < -0.3 is 14.5 Å². The fourth-order valence-electron chi connectivity index (χ4n) is 2.69. The van der Waals surface area contributed by atoms with Crippen LogP contribution in [0.5, 0.6) is 0 Å². The number of nitrogens with zero attached hydrogens (tertiary/aromatic N) is 1. The van der Waals surface area contributed by atoms with Crippen molar-refractivity contribution in [1.29, 1.82) is 0 Å². The zero-order chi connectivity index (χ0) is 13.5. The van der Waals surface area contributed by atoms with Gasteiger partial charge in [0.25, 0.3) is 0 Å². The van der Waals surface area contributed by atoms with Crippen molar-refractivity contribution in [3.05, 3.63) is 29.6 Å². The largest absolute Gasteiger partial charge is 0.379 e. The average molecular weight is 258 g/mol. The number of hydrogen-bond donors (Lipinski definition) is 1. The first-order chi connectivity index (χ1) is 9.09. The van der Waals surface area contributed by atoms with Gasteiger partial charge in [-0.1, -0.05) is 6.07 Å². The van der Waals surface area contributed by atoms with Crippen LogP contribution in [-0.2, 0) is 14.9 Å². The van der Waals surface area contributed by atoms with Gasteiger partial charge in [-0.3, -0.25) is 0 Å². The van der Waals surface area contributed by atoms with Gasteiger partial charge in [0.2, 0.25) is 0 Å². The molecule has 1 aromatic heterocycles. The number of carbonyl (C=O) groups excluding carboxylic acids is 1. The van der Waals surface area contributed by atoms with E-state index in [9.17, 15) is 4.79 Å². The summed E-state index contributed by atoms with van der Waals surface area (Å²) in [5, 5.41) is 0. The van der Waals surface area contributed by atoms with E-state index in [-0.39, 0.29) is 11.2 Å². The molecule has 2 aromatic rings. The maximum atomic E-state index is 11.2. The first-order valence-electron chi connectivity index (χ1n) is 6.63. The molecular weight excluding hydrogens is 240 g/mol. The van der Waals surface area contributed by atoms with Crippen molar-refractivity contribution in [3.63, 3.8) is 0 Å². The third-order valence-electron chi connectivity index (χ3n) is 3.92. The van der Waals surface area contributed by atoms with Gasteiger partial charge in [0.1, 0.15) is 11.6 Å². The molecule has 0 aliphatic carbocycles. The van der Waals surface area contributed by atoms with E-state index in [0.717, 1.165) is 23.3 Å². The summed E-state index contributed by atoms with van der Waals surface area (Å²) in [7, 11) is 0. The molecular formula is C15H18N2O2. The lowest BCUT2D eigenvalue weighted by Gasteiger charge is -2.42. The highest BCUT2D eigenvalue weighted by molar-refractivity contribution is 5.77. The molecule has 1 aliphatic rings. The van der Waals surface area contributed by atoms with Crippen LogP contribution in [0.4, 0.5) is 0 Å². The minimum Gasteiger partial charge on any atom is -0.379 e. The van der Waals surface area contributed by atoms with Crippen LogP contribution >= 0.6 is 0 Å². The third-order valence-corrected chi connectivity index (χ3v) is 3.92. The molecule has 1 N–H and O–H groups in total.